The Bertz CT molecular complexity index is 478. The molecule has 0 radical (unpaired) electrons. The fourth-order valence-electron chi connectivity index (χ4n) is 1.55. The van der Waals surface area contributed by atoms with Gasteiger partial charge in [0, 0.05) is 19.8 Å². The number of carbonyl (C=O) groups excluding carboxylic acids is 1. The monoisotopic (exact) mass is 291 g/mol. The third-order valence-electron chi connectivity index (χ3n) is 2.54. The molecule has 0 aliphatic rings. The van der Waals surface area contributed by atoms with Crippen LogP contribution in [0.1, 0.15) is 18.9 Å². The number of hydrogen-bond donors (Lipinski definition) is 1. The predicted octanol–water partition coefficient (Wildman–Crippen LogP) is 2.07. The number of carbonyl (C=O) groups is 1. The number of rotatable bonds is 5. The van der Waals surface area contributed by atoms with Crippen LogP contribution >= 0.6 is 0 Å². The Hall–Kier alpha value is -1.99. The van der Waals surface area contributed by atoms with Gasteiger partial charge in [0.25, 0.3) is 0 Å². The van der Waals surface area contributed by atoms with Crippen LogP contribution < -0.4 is 10.6 Å². The number of anilines is 2. The highest BCUT2D eigenvalue weighted by Gasteiger charge is 2.31. The van der Waals surface area contributed by atoms with Crippen molar-refractivity contribution < 1.29 is 22.7 Å². The molecule has 0 aliphatic carbocycles. The molecule has 2 N–H and O–H groups in total. The number of ether oxygens (including phenoxy) is 1. The van der Waals surface area contributed by atoms with Crippen molar-refractivity contribution >= 4 is 17.5 Å². The van der Waals surface area contributed by atoms with Gasteiger partial charge in [-0.05, 0) is 13.0 Å². The van der Waals surface area contributed by atoms with E-state index in [1.165, 1.54) is 4.90 Å². The molecule has 5 nitrogen and oxygen atoms in total. The summed E-state index contributed by atoms with van der Waals surface area (Å²) >= 11 is 0. The highest BCUT2D eigenvalue weighted by Crippen LogP contribution is 2.32. The van der Waals surface area contributed by atoms with Crippen molar-refractivity contribution in [1.82, 2.24) is 4.98 Å². The minimum atomic E-state index is -4.48. The topological polar surface area (TPSA) is 68.5 Å². The quantitative estimate of drug-likeness (QED) is 0.841. The van der Waals surface area contributed by atoms with E-state index >= 15 is 0 Å². The lowest BCUT2D eigenvalue weighted by Crippen LogP contribution is -2.24. The molecule has 112 valence electrons. The molecule has 0 aliphatic heterocycles. The number of pyridine rings is 1. The van der Waals surface area contributed by atoms with Crippen molar-refractivity contribution in [2.75, 3.05) is 30.8 Å². The summed E-state index contributed by atoms with van der Waals surface area (Å²) in [5, 5.41) is 0. The van der Waals surface area contributed by atoms with Gasteiger partial charge in [-0.3, -0.25) is 4.79 Å². The Labute approximate surface area is 114 Å². The third kappa shape index (κ3) is 4.29. The van der Waals surface area contributed by atoms with Crippen molar-refractivity contribution in [3.63, 3.8) is 0 Å². The summed E-state index contributed by atoms with van der Waals surface area (Å²) in [6.45, 7) is 2.22. The van der Waals surface area contributed by atoms with Crippen LogP contribution in [-0.2, 0) is 15.7 Å². The van der Waals surface area contributed by atoms with Gasteiger partial charge in [-0.15, -0.1) is 0 Å². The summed E-state index contributed by atoms with van der Waals surface area (Å²) in [5.41, 5.74) is 4.57. The molecular weight excluding hydrogens is 275 g/mol. The predicted molar refractivity (Wildman–Crippen MR) is 68.2 cm³/mol. The van der Waals surface area contributed by atoms with Crippen LogP contribution in [0.5, 0.6) is 0 Å². The summed E-state index contributed by atoms with van der Waals surface area (Å²) in [5.74, 6) is -0.188. The summed E-state index contributed by atoms with van der Waals surface area (Å²) < 4.78 is 42.2. The lowest BCUT2D eigenvalue weighted by molar-refractivity contribution is -0.142. The first kappa shape index (κ1) is 16.1. The number of esters is 1. The molecule has 1 aromatic rings. The van der Waals surface area contributed by atoms with Crippen LogP contribution in [0, 0.1) is 0 Å². The number of halogens is 3. The van der Waals surface area contributed by atoms with Crippen molar-refractivity contribution in [2.45, 2.75) is 19.5 Å². The Morgan fingerprint density at radius 2 is 2.15 bits per heavy atom. The van der Waals surface area contributed by atoms with E-state index in [1.54, 1.807) is 14.0 Å². The zero-order valence-corrected chi connectivity index (χ0v) is 11.2. The van der Waals surface area contributed by atoms with Crippen LogP contribution in [0.15, 0.2) is 12.3 Å². The number of nitrogens with two attached hydrogens (primary N) is 1. The maximum Gasteiger partial charge on any atom is 0.417 e. The second-order valence-corrected chi connectivity index (χ2v) is 4.11. The van der Waals surface area contributed by atoms with Gasteiger partial charge in [0.2, 0.25) is 0 Å². The molecule has 0 amide bonds. The molecule has 0 fully saturated rings. The molecule has 1 rings (SSSR count). The Morgan fingerprint density at radius 1 is 1.50 bits per heavy atom. The van der Waals surface area contributed by atoms with Crippen LogP contribution in [0.4, 0.5) is 24.7 Å². The second-order valence-electron chi connectivity index (χ2n) is 4.11. The molecule has 1 heterocycles. The molecule has 8 heteroatoms. The Balaban J connectivity index is 2.74. The van der Waals surface area contributed by atoms with Gasteiger partial charge in [-0.1, -0.05) is 0 Å². The van der Waals surface area contributed by atoms with E-state index in [4.69, 9.17) is 10.5 Å². The number of alkyl halides is 3. The minimum absolute atomic E-state index is 0.0915. The summed E-state index contributed by atoms with van der Waals surface area (Å²) in [7, 11) is 1.59. The lowest BCUT2D eigenvalue weighted by atomic mass is 10.2. The standard InChI is InChI=1S/C12H16F3N3O2/c1-3-20-10(19)4-5-18(2)11-9(16)6-8(7-17-11)12(13,14)15/h6-7H,3-5,16H2,1-2H3. The molecule has 1 aromatic heterocycles. The van der Waals surface area contributed by atoms with E-state index in [0.717, 1.165) is 6.07 Å². The van der Waals surface area contributed by atoms with Gasteiger partial charge in [0.05, 0.1) is 24.3 Å². The fourth-order valence-corrected chi connectivity index (χ4v) is 1.55. The van der Waals surface area contributed by atoms with Crippen LogP contribution in [-0.4, -0.2) is 31.2 Å². The van der Waals surface area contributed by atoms with E-state index < -0.39 is 11.7 Å². The number of nitrogens with zero attached hydrogens (tertiary/aromatic N) is 2. The van der Waals surface area contributed by atoms with Gasteiger partial charge in [0.1, 0.15) is 0 Å². The van der Waals surface area contributed by atoms with Gasteiger partial charge < -0.3 is 15.4 Å². The van der Waals surface area contributed by atoms with Crippen LogP contribution in [0.2, 0.25) is 0 Å². The molecule has 20 heavy (non-hydrogen) atoms. The zero-order valence-electron chi connectivity index (χ0n) is 11.2. The van der Waals surface area contributed by atoms with Crippen molar-refractivity contribution in [1.29, 1.82) is 0 Å². The molecule has 0 spiro atoms. The Morgan fingerprint density at radius 3 is 2.65 bits per heavy atom. The zero-order chi connectivity index (χ0) is 15.3. The van der Waals surface area contributed by atoms with Gasteiger partial charge in [-0.2, -0.15) is 13.2 Å². The summed E-state index contributed by atoms with van der Waals surface area (Å²) in [6.07, 6.45) is -3.66. The number of aromatic nitrogens is 1. The van der Waals surface area contributed by atoms with E-state index in [1.807, 2.05) is 0 Å². The lowest BCUT2D eigenvalue weighted by Gasteiger charge is -2.20. The van der Waals surface area contributed by atoms with Crippen LogP contribution in [0.3, 0.4) is 0 Å². The van der Waals surface area contributed by atoms with Crippen molar-refractivity contribution in [3.8, 4) is 0 Å². The smallest absolute Gasteiger partial charge is 0.417 e. The summed E-state index contributed by atoms with van der Waals surface area (Å²) in [4.78, 5) is 16.4. The number of hydrogen-bond acceptors (Lipinski definition) is 5. The molecule has 0 atom stereocenters. The molecule has 0 aromatic carbocycles. The normalized spacial score (nSPS) is 11.2. The second kappa shape index (κ2) is 6.44. The molecule has 0 saturated heterocycles. The maximum atomic E-state index is 12.5. The average Bonchev–Trinajstić information content (AvgIpc) is 2.35. The first-order chi connectivity index (χ1) is 9.25. The van der Waals surface area contributed by atoms with E-state index in [0.29, 0.717) is 6.20 Å². The first-order valence-electron chi connectivity index (χ1n) is 5.95. The van der Waals surface area contributed by atoms with Crippen molar-refractivity contribution in [3.05, 3.63) is 17.8 Å². The molecule has 0 saturated carbocycles. The highest BCUT2D eigenvalue weighted by atomic mass is 19.4. The van der Waals surface area contributed by atoms with E-state index in [9.17, 15) is 18.0 Å². The van der Waals surface area contributed by atoms with Gasteiger partial charge in [-0.25, -0.2) is 4.98 Å². The van der Waals surface area contributed by atoms with Gasteiger partial charge >= 0.3 is 12.1 Å². The molecular formula is C12H16F3N3O2. The van der Waals surface area contributed by atoms with E-state index in [2.05, 4.69) is 4.98 Å². The van der Waals surface area contributed by atoms with Gasteiger partial charge in [0.15, 0.2) is 5.82 Å². The third-order valence-corrected chi connectivity index (χ3v) is 2.54. The van der Waals surface area contributed by atoms with Crippen molar-refractivity contribution in [2.24, 2.45) is 0 Å². The summed E-state index contributed by atoms with van der Waals surface area (Å²) in [6, 6.07) is 0.823. The van der Waals surface area contributed by atoms with Crippen LogP contribution in [0.25, 0.3) is 0 Å². The largest absolute Gasteiger partial charge is 0.466 e. The average molecular weight is 291 g/mol. The SMILES string of the molecule is CCOC(=O)CCN(C)c1ncc(C(F)(F)F)cc1N. The molecule has 0 bridgehead atoms. The van der Waals surface area contributed by atoms with E-state index in [-0.39, 0.29) is 37.0 Å². The number of nitrogen functional groups attached to an aromatic ring is 1. The fraction of sp³-hybridized carbons (Fsp3) is 0.500. The first-order valence-corrected chi connectivity index (χ1v) is 5.95. The highest BCUT2D eigenvalue weighted by molar-refractivity contribution is 5.71. The minimum Gasteiger partial charge on any atom is -0.466 e. The maximum absolute atomic E-state index is 12.5. The Kier molecular flexibility index (Phi) is 5.18. The molecule has 0 unspecified atom stereocenters.